The van der Waals surface area contributed by atoms with Gasteiger partial charge in [-0.15, -0.1) is 0 Å². The third-order valence-electron chi connectivity index (χ3n) is 4.60. The van der Waals surface area contributed by atoms with Gasteiger partial charge < -0.3 is 11.1 Å². The van der Waals surface area contributed by atoms with Crippen molar-refractivity contribution >= 4 is 28.9 Å². The molecule has 1 fully saturated rings. The highest BCUT2D eigenvalue weighted by atomic mass is 35.5. The van der Waals surface area contributed by atoms with E-state index in [0.29, 0.717) is 27.7 Å². The first kappa shape index (κ1) is 16.2. The quantitative estimate of drug-likeness (QED) is 0.777. The van der Waals surface area contributed by atoms with Gasteiger partial charge in [-0.3, -0.25) is 4.79 Å². The van der Waals surface area contributed by atoms with Crippen LogP contribution in [0.3, 0.4) is 0 Å². The Bertz CT molecular complexity index is 514. The predicted octanol–water partition coefficient (Wildman–Crippen LogP) is 4.71. The minimum absolute atomic E-state index is 0.0660. The molecule has 3 N–H and O–H groups in total. The van der Waals surface area contributed by atoms with Crippen molar-refractivity contribution < 1.29 is 4.79 Å². The molecule has 1 saturated carbocycles. The summed E-state index contributed by atoms with van der Waals surface area (Å²) in [6.07, 6.45) is 4.14. The van der Waals surface area contributed by atoms with Crippen LogP contribution >= 0.6 is 11.6 Å². The summed E-state index contributed by atoms with van der Waals surface area (Å²) in [6.45, 7) is 6.85. The lowest BCUT2D eigenvalue weighted by atomic mass is 9.69. The van der Waals surface area contributed by atoms with Gasteiger partial charge in [-0.05, 0) is 55.2 Å². The fourth-order valence-electron chi connectivity index (χ4n) is 3.09. The molecule has 1 aliphatic rings. The topological polar surface area (TPSA) is 55.1 Å². The number of rotatable bonds is 2. The number of benzene rings is 1. The molecule has 3 nitrogen and oxygen atoms in total. The Morgan fingerprint density at radius 3 is 2.43 bits per heavy atom. The lowest BCUT2D eigenvalue weighted by Crippen LogP contribution is -2.31. The summed E-state index contributed by atoms with van der Waals surface area (Å²) < 4.78 is 0. The van der Waals surface area contributed by atoms with Crippen LogP contribution in [0.2, 0.25) is 5.02 Å². The molecule has 1 aliphatic carbocycles. The van der Waals surface area contributed by atoms with Crippen LogP contribution < -0.4 is 11.1 Å². The van der Waals surface area contributed by atoms with Crippen LogP contribution in [0.1, 0.15) is 46.5 Å². The summed E-state index contributed by atoms with van der Waals surface area (Å²) in [6, 6.07) is 5.14. The van der Waals surface area contributed by atoms with Crippen molar-refractivity contribution in [2.24, 2.45) is 17.3 Å². The van der Waals surface area contributed by atoms with Gasteiger partial charge in [0.25, 0.3) is 0 Å². The molecule has 0 bridgehead atoms. The third-order valence-corrected chi connectivity index (χ3v) is 4.83. The number of nitrogens with two attached hydrogens (primary N) is 1. The molecule has 1 aromatic carbocycles. The average Bonchev–Trinajstić information content (AvgIpc) is 2.42. The number of carbonyl (C=O) groups is 1. The van der Waals surface area contributed by atoms with Crippen LogP contribution in [0.4, 0.5) is 11.4 Å². The molecule has 1 aromatic rings. The molecule has 0 atom stereocenters. The van der Waals surface area contributed by atoms with Crippen molar-refractivity contribution in [3.05, 3.63) is 23.2 Å². The largest absolute Gasteiger partial charge is 0.397 e. The third kappa shape index (κ3) is 4.13. The summed E-state index contributed by atoms with van der Waals surface area (Å²) in [5, 5.41) is 3.51. The van der Waals surface area contributed by atoms with E-state index in [1.807, 2.05) is 0 Å². The molecule has 0 spiro atoms. The Morgan fingerprint density at radius 1 is 1.24 bits per heavy atom. The number of amides is 1. The fourth-order valence-corrected chi connectivity index (χ4v) is 3.27. The number of nitrogen functional groups attached to an aromatic ring is 1. The van der Waals surface area contributed by atoms with E-state index < -0.39 is 0 Å². The van der Waals surface area contributed by atoms with Crippen LogP contribution in [-0.2, 0) is 4.79 Å². The Kier molecular flexibility index (Phi) is 4.82. The Balaban J connectivity index is 1.95. The molecule has 0 radical (unpaired) electrons. The van der Waals surface area contributed by atoms with Crippen molar-refractivity contribution in [1.29, 1.82) is 0 Å². The summed E-state index contributed by atoms with van der Waals surface area (Å²) in [5.74, 6) is 0.857. The average molecular weight is 309 g/mol. The highest BCUT2D eigenvalue weighted by molar-refractivity contribution is 6.31. The van der Waals surface area contributed by atoms with Crippen molar-refractivity contribution in [3.63, 3.8) is 0 Å². The molecule has 0 aromatic heterocycles. The molecule has 0 unspecified atom stereocenters. The molecule has 0 aliphatic heterocycles. The zero-order valence-electron chi connectivity index (χ0n) is 13.1. The van der Waals surface area contributed by atoms with Gasteiger partial charge in [0.2, 0.25) is 5.91 Å². The van der Waals surface area contributed by atoms with Crippen molar-refractivity contribution in [1.82, 2.24) is 0 Å². The van der Waals surface area contributed by atoms with Gasteiger partial charge in [0.1, 0.15) is 0 Å². The van der Waals surface area contributed by atoms with E-state index in [1.54, 1.807) is 18.2 Å². The summed E-state index contributed by atoms with van der Waals surface area (Å²) in [7, 11) is 0. The van der Waals surface area contributed by atoms with Crippen molar-refractivity contribution in [2.75, 3.05) is 11.1 Å². The molecular formula is C17H25ClN2O. The van der Waals surface area contributed by atoms with Crippen molar-refractivity contribution in [2.45, 2.75) is 46.5 Å². The second kappa shape index (κ2) is 6.27. The number of carbonyl (C=O) groups excluding carboxylic acids is 1. The lowest BCUT2D eigenvalue weighted by Gasteiger charge is -2.36. The maximum Gasteiger partial charge on any atom is 0.227 e. The van der Waals surface area contributed by atoms with Crippen molar-refractivity contribution in [3.8, 4) is 0 Å². The second-order valence-corrected chi connectivity index (χ2v) is 7.57. The van der Waals surface area contributed by atoms with Gasteiger partial charge in [0.05, 0.1) is 11.4 Å². The first-order valence-electron chi connectivity index (χ1n) is 7.63. The first-order valence-corrected chi connectivity index (χ1v) is 8.01. The van der Waals surface area contributed by atoms with E-state index in [2.05, 4.69) is 26.1 Å². The fraction of sp³-hybridized carbons (Fsp3) is 0.588. The molecule has 1 amide bonds. The van der Waals surface area contributed by atoms with Crippen LogP contribution in [0.15, 0.2) is 18.2 Å². The molecule has 2 rings (SSSR count). The van der Waals surface area contributed by atoms with Crippen LogP contribution in [-0.4, -0.2) is 5.91 Å². The highest BCUT2D eigenvalue weighted by Gasteiger charge is 2.32. The summed E-state index contributed by atoms with van der Waals surface area (Å²) in [4.78, 5) is 12.4. The Hall–Kier alpha value is -1.22. The monoisotopic (exact) mass is 308 g/mol. The van der Waals surface area contributed by atoms with E-state index >= 15 is 0 Å². The minimum atomic E-state index is 0.0660. The maximum atomic E-state index is 12.4. The molecule has 4 heteroatoms. The van der Waals surface area contributed by atoms with Gasteiger partial charge in [0, 0.05) is 10.9 Å². The van der Waals surface area contributed by atoms with Gasteiger partial charge in [-0.1, -0.05) is 32.4 Å². The zero-order chi connectivity index (χ0) is 15.6. The standard InChI is InChI=1S/C17H25ClN2O/c1-17(2,3)12-6-4-11(5-7-12)16(21)20-15-10-13(18)8-9-14(15)19/h8-12H,4-7,19H2,1-3H3,(H,20,21). The number of halogens is 1. The van der Waals surface area contributed by atoms with E-state index in [1.165, 1.54) is 0 Å². The van der Waals surface area contributed by atoms with Crippen LogP contribution in [0.25, 0.3) is 0 Å². The van der Waals surface area contributed by atoms with Gasteiger partial charge in [-0.25, -0.2) is 0 Å². The smallest absolute Gasteiger partial charge is 0.227 e. The molecule has 0 saturated heterocycles. The highest BCUT2D eigenvalue weighted by Crippen LogP contribution is 2.40. The number of anilines is 2. The van der Waals surface area contributed by atoms with Gasteiger partial charge in [0.15, 0.2) is 0 Å². The van der Waals surface area contributed by atoms with E-state index in [-0.39, 0.29) is 11.8 Å². The molecule has 116 valence electrons. The zero-order valence-corrected chi connectivity index (χ0v) is 13.8. The predicted molar refractivity (Wildman–Crippen MR) is 89.4 cm³/mol. The van der Waals surface area contributed by atoms with E-state index in [9.17, 15) is 4.79 Å². The summed E-state index contributed by atoms with van der Waals surface area (Å²) >= 11 is 5.95. The normalized spacial score (nSPS) is 22.9. The summed E-state index contributed by atoms with van der Waals surface area (Å²) in [5.41, 5.74) is 7.37. The van der Waals surface area contributed by atoms with Crippen LogP contribution in [0.5, 0.6) is 0 Å². The number of hydrogen-bond acceptors (Lipinski definition) is 2. The lowest BCUT2D eigenvalue weighted by molar-refractivity contribution is -0.121. The number of nitrogens with one attached hydrogen (secondary N) is 1. The Labute approximate surface area is 132 Å². The van der Waals surface area contributed by atoms with Crippen LogP contribution in [0, 0.1) is 17.3 Å². The van der Waals surface area contributed by atoms with Gasteiger partial charge in [-0.2, -0.15) is 0 Å². The van der Waals surface area contributed by atoms with Gasteiger partial charge >= 0.3 is 0 Å². The Morgan fingerprint density at radius 2 is 1.86 bits per heavy atom. The SMILES string of the molecule is CC(C)(C)C1CCC(C(=O)Nc2cc(Cl)ccc2N)CC1. The second-order valence-electron chi connectivity index (χ2n) is 7.14. The molecule has 0 heterocycles. The maximum absolute atomic E-state index is 12.4. The van der Waals surface area contributed by atoms with E-state index in [4.69, 9.17) is 17.3 Å². The number of hydrogen-bond donors (Lipinski definition) is 2. The molecular weight excluding hydrogens is 284 g/mol. The van der Waals surface area contributed by atoms with E-state index in [0.717, 1.165) is 25.7 Å². The minimum Gasteiger partial charge on any atom is -0.397 e. The first-order chi connectivity index (χ1) is 9.77. The molecule has 21 heavy (non-hydrogen) atoms.